The Balaban J connectivity index is 2.19. The highest BCUT2D eigenvalue weighted by molar-refractivity contribution is 7.80. The maximum absolute atomic E-state index is 6.88. The molecule has 0 aliphatic carbocycles. The summed E-state index contributed by atoms with van der Waals surface area (Å²) in [5.41, 5.74) is 6.88. The highest BCUT2D eigenvalue weighted by Crippen LogP contribution is 2.08. The van der Waals surface area contributed by atoms with Crippen molar-refractivity contribution in [3.63, 3.8) is 0 Å². The van der Waals surface area contributed by atoms with Crippen LogP contribution in [0.2, 0.25) is 0 Å². The van der Waals surface area contributed by atoms with Gasteiger partial charge in [0, 0.05) is 6.61 Å². The Bertz CT molecular complexity index is 112. The van der Waals surface area contributed by atoms with Gasteiger partial charge >= 0.3 is 0 Å². The molecule has 0 spiro atoms. The van der Waals surface area contributed by atoms with Crippen molar-refractivity contribution < 1.29 is 4.74 Å². The summed E-state index contributed by atoms with van der Waals surface area (Å²) in [5.74, 6) is 0. The molecule has 1 saturated heterocycles. The number of nitrogens with one attached hydrogen (secondary N) is 2. The molecule has 0 aromatic heterocycles. The van der Waals surface area contributed by atoms with E-state index in [4.69, 9.17) is 10.5 Å². The van der Waals surface area contributed by atoms with Crippen LogP contribution in [0.3, 0.4) is 0 Å². The molecule has 51 valence electrons. The van der Waals surface area contributed by atoms with E-state index in [1.165, 1.54) is 0 Å². The third kappa shape index (κ3) is 2.15. The standard InChI is InChI=1S/C5H9N2OS/c6-5(9)7-4-2-1-3-8-4/h4,6H,1-3H2,(H,7,9). The lowest BCUT2D eigenvalue weighted by Crippen LogP contribution is -2.33. The fourth-order valence-electron chi connectivity index (χ4n) is 0.838. The van der Waals surface area contributed by atoms with Crippen molar-refractivity contribution in [1.29, 1.82) is 0 Å². The summed E-state index contributed by atoms with van der Waals surface area (Å²) in [6.07, 6.45) is 2.05. The largest absolute Gasteiger partial charge is 0.359 e. The molecule has 1 aliphatic heterocycles. The minimum Gasteiger partial charge on any atom is -0.359 e. The summed E-state index contributed by atoms with van der Waals surface area (Å²) in [6, 6.07) is 0. The smallest absolute Gasteiger partial charge is 0.187 e. The van der Waals surface area contributed by atoms with Gasteiger partial charge in [-0.3, -0.25) is 5.73 Å². The van der Waals surface area contributed by atoms with Crippen LogP contribution in [0.5, 0.6) is 0 Å². The van der Waals surface area contributed by atoms with Crippen LogP contribution in [-0.2, 0) is 4.74 Å². The molecule has 0 aromatic carbocycles. The number of hydrogen-bond acceptors (Lipinski definition) is 2. The zero-order valence-corrected chi connectivity index (χ0v) is 5.83. The average molecular weight is 145 g/mol. The second-order valence-electron chi connectivity index (χ2n) is 1.98. The highest BCUT2D eigenvalue weighted by Gasteiger charge is 2.14. The molecule has 1 heterocycles. The number of hydrogen-bond donors (Lipinski definition) is 1. The van der Waals surface area contributed by atoms with E-state index in [2.05, 4.69) is 17.5 Å². The van der Waals surface area contributed by atoms with Gasteiger partial charge in [-0.25, -0.2) is 0 Å². The molecule has 4 heteroatoms. The van der Waals surface area contributed by atoms with Gasteiger partial charge < -0.3 is 10.1 Å². The number of ether oxygens (including phenoxy) is 1. The van der Waals surface area contributed by atoms with E-state index in [-0.39, 0.29) is 11.3 Å². The summed E-state index contributed by atoms with van der Waals surface area (Å²) in [5, 5.41) is 2.79. The first-order chi connectivity index (χ1) is 4.29. The Morgan fingerprint density at radius 2 is 2.56 bits per heavy atom. The molecule has 0 bridgehead atoms. The van der Waals surface area contributed by atoms with Crippen molar-refractivity contribution in [2.75, 3.05) is 6.61 Å². The van der Waals surface area contributed by atoms with Crippen LogP contribution in [-0.4, -0.2) is 17.9 Å². The first-order valence-corrected chi connectivity index (χ1v) is 3.33. The van der Waals surface area contributed by atoms with Crippen molar-refractivity contribution in [2.45, 2.75) is 19.1 Å². The Hall–Kier alpha value is -0.350. The average Bonchev–Trinajstić information content (AvgIpc) is 2.15. The molecule has 3 nitrogen and oxygen atoms in total. The van der Waals surface area contributed by atoms with Gasteiger partial charge in [0.2, 0.25) is 0 Å². The SMILES string of the molecule is [NH]C(=S)NC1CCCO1. The number of thiocarbonyl (C=S) groups is 1. The predicted octanol–water partition coefficient (Wildman–Crippen LogP) is 0.280. The minimum absolute atomic E-state index is 0.00926. The number of rotatable bonds is 1. The van der Waals surface area contributed by atoms with Gasteiger partial charge in [-0.1, -0.05) is 0 Å². The van der Waals surface area contributed by atoms with E-state index in [0.29, 0.717) is 0 Å². The van der Waals surface area contributed by atoms with Gasteiger partial charge in [-0.05, 0) is 25.1 Å². The second kappa shape index (κ2) is 2.98. The lowest BCUT2D eigenvalue weighted by molar-refractivity contribution is 0.100. The van der Waals surface area contributed by atoms with Crippen LogP contribution in [0.25, 0.3) is 0 Å². The monoisotopic (exact) mass is 145 g/mol. The van der Waals surface area contributed by atoms with Crippen LogP contribution >= 0.6 is 12.2 Å². The van der Waals surface area contributed by atoms with Crippen molar-refractivity contribution in [3.8, 4) is 0 Å². The zero-order chi connectivity index (χ0) is 6.69. The molecule has 9 heavy (non-hydrogen) atoms. The normalized spacial score (nSPS) is 26.0. The van der Waals surface area contributed by atoms with Crippen molar-refractivity contribution in [1.82, 2.24) is 11.1 Å². The quantitative estimate of drug-likeness (QED) is 0.539. The molecular formula is C5H9N2OS. The van der Waals surface area contributed by atoms with Crippen molar-refractivity contribution >= 4 is 17.3 Å². The van der Waals surface area contributed by atoms with Crippen LogP contribution in [0, 0.1) is 0 Å². The Morgan fingerprint density at radius 3 is 3.00 bits per heavy atom. The zero-order valence-electron chi connectivity index (χ0n) is 5.02. The van der Waals surface area contributed by atoms with Crippen LogP contribution in [0.1, 0.15) is 12.8 Å². The molecule has 1 fully saturated rings. The molecule has 2 N–H and O–H groups in total. The minimum atomic E-state index is 0.00926. The van der Waals surface area contributed by atoms with Gasteiger partial charge in [-0.2, -0.15) is 0 Å². The molecule has 0 aromatic rings. The van der Waals surface area contributed by atoms with E-state index >= 15 is 0 Å². The Labute approximate surface area is 59.6 Å². The first kappa shape index (κ1) is 6.77. The topological polar surface area (TPSA) is 45.1 Å². The van der Waals surface area contributed by atoms with Crippen LogP contribution in [0.4, 0.5) is 0 Å². The van der Waals surface area contributed by atoms with Crippen LogP contribution in [0.15, 0.2) is 0 Å². The second-order valence-corrected chi connectivity index (χ2v) is 2.38. The fraction of sp³-hybridized carbons (Fsp3) is 0.800. The maximum atomic E-state index is 6.88. The van der Waals surface area contributed by atoms with E-state index < -0.39 is 0 Å². The predicted molar refractivity (Wildman–Crippen MR) is 37.8 cm³/mol. The van der Waals surface area contributed by atoms with E-state index in [0.717, 1.165) is 19.4 Å². The summed E-state index contributed by atoms with van der Waals surface area (Å²) < 4.78 is 5.15. The molecule has 1 aliphatic rings. The molecule has 1 rings (SSSR count). The maximum Gasteiger partial charge on any atom is 0.187 e. The third-order valence-corrected chi connectivity index (χ3v) is 1.34. The van der Waals surface area contributed by atoms with Gasteiger partial charge in [0.1, 0.15) is 6.23 Å². The van der Waals surface area contributed by atoms with Gasteiger partial charge in [0.25, 0.3) is 0 Å². The van der Waals surface area contributed by atoms with Gasteiger partial charge in [0.05, 0.1) is 0 Å². The highest BCUT2D eigenvalue weighted by atomic mass is 32.1. The fourth-order valence-corrected chi connectivity index (χ4v) is 0.969. The molecule has 1 atom stereocenters. The van der Waals surface area contributed by atoms with E-state index in [1.54, 1.807) is 0 Å². The van der Waals surface area contributed by atoms with Gasteiger partial charge in [-0.15, -0.1) is 0 Å². The summed E-state index contributed by atoms with van der Waals surface area (Å²) in [6.45, 7) is 0.792. The first-order valence-electron chi connectivity index (χ1n) is 2.93. The Morgan fingerprint density at radius 1 is 1.78 bits per heavy atom. The van der Waals surface area contributed by atoms with E-state index in [1.807, 2.05) is 0 Å². The van der Waals surface area contributed by atoms with Crippen LogP contribution < -0.4 is 11.1 Å². The molecular weight excluding hydrogens is 136 g/mol. The molecule has 0 saturated carbocycles. The van der Waals surface area contributed by atoms with Crippen molar-refractivity contribution in [2.24, 2.45) is 0 Å². The molecule has 1 radical (unpaired) electrons. The van der Waals surface area contributed by atoms with Gasteiger partial charge in [0.15, 0.2) is 5.11 Å². The lowest BCUT2D eigenvalue weighted by atomic mass is 10.3. The summed E-state index contributed by atoms with van der Waals surface area (Å²) >= 11 is 4.51. The molecule has 0 amide bonds. The third-order valence-electron chi connectivity index (χ3n) is 1.22. The Kier molecular flexibility index (Phi) is 2.24. The lowest BCUT2D eigenvalue weighted by Gasteiger charge is -2.09. The molecule has 1 unspecified atom stereocenters. The summed E-state index contributed by atoms with van der Waals surface area (Å²) in [7, 11) is 0. The van der Waals surface area contributed by atoms with Crippen molar-refractivity contribution in [3.05, 3.63) is 0 Å². The summed E-state index contributed by atoms with van der Waals surface area (Å²) in [4.78, 5) is 0. The van der Waals surface area contributed by atoms with E-state index in [9.17, 15) is 0 Å².